The molecule has 1 N–H and O–H groups in total. The summed E-state index contributed by atoms with van der Waals surface area (Å²) in [6, 6.07) is 0.448. The molecule has 1 atom stereocenters. The number of nitrogens with one attached hydrogen (secondary N) is 1. The molecule has 1 aromatic rings. The lowest BCUT2D eigenvalue weighted by Crippen LogP contribution is -2.17. The average molecular weight is 266 g/mol. The molecule has 0 aliphatic heterocycles. The van der Waals surface area contributed by atoms with Crippen LogP contribution in [-0.4, -0.2) is 11.5 Å². The molecule has 1 aromatic heterocycles. The third-order valence-corrected chi connectivity index (χ3v) is 5.62. The van der Waals surface area contributed by atoms with Crippen LogP contribution < -0.4 is 5.32 Å². The van der Waals surface area contributed by atoms with Crippen LogP contribution in [0, 0.1) is 12.8 Å². The minimum atomic E-state index is 0.448. The molecule has 18 heavy (non-hydrogen) atoms. The molecular weight excluding hydrogens is 240 g/mol. The molecule has 1 unspecified atom stereocenters. The third kappa shape index (κ3) is 3.12. The Bertz CT molecular complexity index is 378. The second-order valence-electron chi connectivity index (χ2n) is 5.74. The molecule has 1 saturated carbocycles. The summed E-state index contributed by atoms with van der Waals surface area (Å²) in [5, 5.41) is 4.88. The maximum absolute atomic E-state index is 4.84. The van der Waals surface area contributed by atoms with Crippen LogP contribution in [0.5, 0.6) is 0 Å². The van der Waals surface area contributed by atoms with E-state index in [1.165, 1.54) is 41.3 Å². The van der Waals surface area contributed by atoms with Crippen molar-refractivity contribution in [1.29, 1.82) is 0 Å². The maximum atomic E-state index is 4.84. The van der Waals surface area contributed by atoms with Gasteiger partial charge >= 0.3 is 0 Å². The lowest BCUT2D eigenvalue weighted by molar-refractivity contribution is 0.347. The number of hydrogen-bond donors (Lipinski definition) is 1. The predicted molar refractivity (Wildman–Crippen MR) is 79.3 cm³/mol. The van der Waals surface area contributed by atoms with Crippen LogP contribution in [0.1, 0.15) is 74.0 Å². The molecule has 0 spiro atoms. The molecule has 2 rings (SSSR count). The van der Waals surface area contributed by atoms with E-state index in [1.807, 2.05) is 11.3 Å². The molecule has 0 bridgehead atoms. The predicted octanol–water partition coefficient (Wildman–Crippen LogP) is 4.42. The van der Waals surface area contributed by atoms with E-state index in [0.29, 0.717) is 6.04 Å². The summed E-state index contributed by atoms with van der Waals surface area (Å²) in [5.41, 5.74) is 1.24. The number of aromatic nitrogens is 1. The Hall–Kier alpha value is -0.410. The van der Waals surface area contributed by atoms with Gasteiger partial charge in [-0.1, -0.05) is 26.7 Å². The standard InChI is InChI=1S/C15H26N2S/c1-5-16-11(3)14-12(4)17-15(18-14)13-8-6-10(2)7-9-13/h10-11,13,16H,5-9H2,1-4H3. The molecule has 1 heterocycles. The van der Waals surface area contributed by atoms with Gasteiger partial charge in [0.25, 0.3) is 0 Å². The number of rotatable bonds is 4. The van der Waals surface area contributed by atoms with Crippen LogP contribution in [0.3, 0.4) is 0 Å². The quantitative estimate of drug-likeness (QED) is 0.873. The number of hydrogen-bond acceptors (Lipinski definition) is 3. The molecule has 3 heteroatoms. The highest BCUT2D eigenvalue weighted by molar-refractivity contribution is 7.11. The fourth-order valence-electron chi connectivity index (χ4n) is 2.91. The fourth-order valence-corrected chi connectivity index (χ4v) is 4.18. The monoisotopic (exact) mass is 266 g/mol. The summed E-state index contributed by atoms with van der Waals surface area (Å²) < 4.78 is 0. The minimum absolute atomic E-state index is 0.448. The van der Waals surface area contributed by atoms with Crippen molar-refractivity contribution in [3.8, 4) is 0 Å². The topological polar surface area (TPSA) is 24.9 Å². The second kappa shape index (κ2) is 6.16. The van der Waals surface area contributed by atoms with Gasteiger partial charge in [-0.25, -0.2) is 4.98 Å². The molecule has 1 fully saturated rings. The zero-order chi connectivity index (χ0) is 13.1. The summed E-state index contributed by atoms with van der Waals surface area (Å²) in [6.07, 6.45) is 5.43. The zero-order valence-corrected chi connectivity index (χ0v) is 12.9. The highest BCUT2D eigenvalue weighted by Crippen LogP contribution is 2.39. The first-order valence-electron chi connectivity index (χ1n) is 7.32. The minimum Gasteiger partial charge on any atom is -0.310 e. The molecule has 0 amide bonds. The van der Waals surface area contributed by atoms with Gasteiger partial charge in [-0.2, -0.15) is 0 Å². The van der Waals surface area contributed by atoms with Gasteiger partial charge in [0.1, 0.15) is 0 Å². The molecular formula is C15H26N2S. The normalized spacial score (nSPS) is 26.2. The van der Waals surface area contributed by atoms with Crippen molar-refractivity contribution in [3.05, 3.63) is 15.6 Å². The average Bonchev–Trinajstić information content (AvgIpc) is 2.72. The summed E-state index contributed by atoms with van der Waals surface area (Å²) in [5.74, 6) is 1.65. The van der Waals surface area contributed by atoms with Gasteiger partial charge in [-0.3, -0.25) is 0 Å². The third-order valence-electron chi connectivity index (χ3n) is 4.12. The highest BCUT2D eigenvalue weighted by Gasteiger charge is 2.24. The van der Waals surface area contributed by atoms with Gasteiger partial charge in [0.15, 0.2) is 0 Å². The van der Waals surface area contributed by atoms with E-state index in [2.05, 4.69) is 33.0 Å². The number of thiazole rings is 1. The smallest absolute Gasteiger partial charge is 0.0962 e. The van der Waals surface area contributed by atoms with Crippen LogP contribution in [0.2, 0.25) is 0 Å². The second-order valence-corrected chi connectivity index (χ2v) is 6.80. The molecule has 1 aliphatic rings. The van der Waals surface area contributed by atoms with Crippen molar-refractivity contribution >= 4 is 11.3 Å². The summed E-state index contributed by atoms with van der Waals surface area (Å²) in [6.45, 7) is 9.97. The van der Waals surface area contributed by atoms with Crippen molar-refractivity contribution in [2.45, 2.75) is 65.3 Å². The van der Waals surface area contributed by atoms with E-state index in [4.69, 9.17) is 4.98 Å². The number of aryl methyl sites for hydroxylation is 1. The van der Waals surface area contributed by atoms with Gasteiger partial charge in [0, 0.05) is 16.8 Å². The largest absolute Gasteiger partial charge is 0.310 e. The van der Waals surface area contributed by atoms with Gasteiger partial charge in [0.05, 0.1) is 10.7 Å². The van der Waals surface area contributed by atoms with E-state index in [1.54, 1.807) is 0 Å². The van der Waals surface area contributed by atoms with Gasteiger partial charge in [0.2, 0.25) is 0 Å². The van der Waals surface area contributed by atoms with E-state index in [9.17, 15) is 0 Å². The van der Waals surface area contributed by atoms with Crippen molar-refractivity contribution < 1.29 is 0 Å². The first-order valence-corrected chi connectivity index (χ1v) is 8.14. The van der Waals surface area contributed by atoms with Crippen molar-refractivity contribution in [2.75, 3.05) is 6.54 Å². The lowest BCUT2D eigenvalue weighted by Gasteiger charge is -2.24. The van der Waals surface area contributed by atoms with E-state index in [0.717, 1.165) is 18.4 Å². The van der Waals surface area contributed by atoms with Gasteiger partial charge < -0.3 is 5.32 Å². The summed E-state index contributed by atoms with van der Waals surface area (Å²) >= 11 is 1.94. The van der Waals surface area contributed by atoms with E-state index < -0.39 is 0 Å². The Morgan fingerprint density at radius 1 is 1.33 bits per heavy atom. The molecule has 102 valence electrons. The van der Waals surface area contributed by atoms with Crippen LogP contribution in [0.15, 0.2) is 0 Å². The molecule has 0 saturated heterocycles. The Balaban J connectivity index is 2.08. The molecule has 0 aromatic carbocycles. The van der Waals surface area contributed by atoms with E-state index in [-0.39, 0.29) is 0 Å². The van der Waals surface area contributed by atoms with Crippen molar-refractivity contribution in [3.63, 3.8) is 0 Å². The highest BCUT2D eigenvalue weighted by atomic mass is 32.1. The summed E-state index contributed by atoms with van der Waals surface area (Å²) in [7, 11) is 0. The Labute approximate surface area is 115 Å². The number of nitrogens with zero attached hydrogens (tertiary/aromatic N) is 1. The van der Waals surface area contributed by atoms with E-state index >= 15 is 0 Å². The fraction of sp³-hybridized carbons (Fsp3) is 0.800. The Morgan fingerprint density at radius 3 is 2.61 bits per heavy atom. The lowest BCUT2D eigenvalue weighted by atomic mass is 9.83. The summed E-state index contributed by atoms with van der Waals surface area (Å²) in [4.78, 5) is 6.28. The van der Waals surface area contributed by atoms with Gasteiger partial charge in [-0.15, -0.1) is 11.3 Å². The Kier molecular flexibility index (Phi) is 4.79. The maximum Gasteiger partial charge on any atom is 0.0962 e. The molecule has 2 nitrogen and oxygen atoms in total. The molecule has 0 radical (unpaired) electrons. The van der Waals surface area contributed by atoms with Crippen LogP contribution in [0.25, 0.3) is 0 Å². The Morgan fingerprint density at radius 2 is 2.00 bits per heavy atom. The van der Waals surface area contributed by atoms with Crippen LogP contribution >= 0.6 is 11.3 Å². The SMILES string of the molecule is CCNC(C)c1sc(C2CCC(C)CC2)nc1C. The van der Waals surface area contributed by atoms with Crippen LogP contribution in [0.4, 0.5) is 0 Å². The zero-order valence-electron chi connectivity index (χ0n) is 12.1. The van der Waals surface area contributed by atoms with Crippen LogP contribution in [-0.2, 0) is 0 Å². The first-order chi connectivity index (χ1) is 8.61. The molecule has 1 aliphatic carbocycles. The van der Waals surface area contributed by atoms with Crippen molar-refractivity contribution in [2.24, 2.45) is 5.92 Å². The van der Waals surface area contributed by atoms with Gasteiger partial charge in [-0.05, 0) is 39.2 Å². The van der Waals surface area contributed by atoms with Crippen molar-refractivity contribution in [1.82, 2.24) is 10.3 Å². The first kappa shape index (κ1) is 14.0.